The molecule has 1 aliphatic rings. The Kier molecular flexibility index (Phi) is 6.03. The number of hydrogen-bond acceptors (Lipinski definition) is 3. The molecule has 1 amide bonds. The van der Waals surface area contributed by atoms with Crippen LogP contribution in [0.3, 0.4) is 0 Å². The van der Waals surface area contributed by atoms with Crippen LogP contribution in [0.1, 0.15) is 36.8 Å². The molecule has 0 saturated carbocycles. The van der Waals surface area contributed by atoms with E-state index in [9.17, 15) is 4.79 Å². The van der Waals surface area contributed by atoms with E-state index in [1.807, 2.05) is 78.9 Å². The molecule has 3 aromatic carbocycles. The molecule has 1 saturated heterocycles. The second kappa shape index (κ2) is 9.04. The standard InChI is InChI=1S/C26H29N3O/c1-19-14-16-29(17-15-19)24-13-12-22(27)18-23(24)28-26(30)25(20-8-4-2-5-9-20)21-10-6-3-7-11-21/h2-13,18-19,25H,14-17,27H2,1H3,(H,28,30). The van der Waals surface area contributed by atoms with Gasteiger partial charge in [-0.15, -0.1) is 0 Å². The predicted octanol–water partition coefficient (Wildman–Crippen LogP) is 5.28. The van der Waals surface area contributed by atoms with E-state index in [4.69, 9.17) is 5.73 Å². The van der Waals surface area contributed by atoms with Crippen molar-refractivity contribution in [1.29, 1.82) is 0 Å². The number of nitrogens with one attached hydrogen (secondary N) is 1. The van der Waals surface area contributed by atoms with Gasteiger partial charge >= 0.3 is 0 Å². The third-order valence-electron chi connectivity index (χ3n) is 5.93. The van der Waals surface area contributed by atoms with Crippen molar-refractivity contribution in [3.05, 3.63) is 90.0 Å². The van der Waals surface area contributed by atoms with Gasteiger partial charge in [-0.2, -0.15) is 0 Å². The number of piperidine rings is 1. The van der Waals surface area contributed by atoms with Crippen molar-refractivity contribution in [3.8, 4) is 0 Å². The molecule has 0 aromatic heterocycles. The minimum atomic E-state index is -0.386. The summed E-state index contributed by atoms with van der Waals surface area (Å²) in [6.45, 7) is 4.29. The summed E-state index contributed by atoms with van der Waals surface area (Å²) in [6, 6.07) is 25.7. The summed E-state index contributed by atoms with van der Waals surface area (Å²) in [5.74, 6) is 0.307. The first-order chi connectivity index (χ1) is 14.6. The summed E-state index contributed by atoms with van der Waals surface area (Å²) in [6.07, 6.45) is 2.32. The SMILES string of the molecule is CC1CCN(c2ccc(N)cc2NC(=O)C(c2ccccc2)c2ccccc2)CC1. The van der Waals surface area contributed by atoms with E-state index in [2.05, 4.69) is 17.1 Å². The number of hydrogen-bond donors (Lipinski definition) is 2. The number of benzene rings is 3. The molecule has 0 bridgehead atoms. The van der Waals surface area contributed by atoms with Gasteiger partial charge in [0.25, 0.3) is 0 Å². The molecule has 1 fully saturated rings. The van der Waals surface area contributed by atoms with Gasteiger partial charge in [-0.3, -0.25) is 4.79 Å². The van der Waals surface area contributed by atoms with Crippen molar-refractivity contribution >= 4 is 23.0 Å². The lowest BCUT2D eigenvalue weighted by molar-refractivity contribution is -0.116. The summed E-state index contributed by atoms with van der Waals surface area (Å²) < 4.78 is 0. The summed E-state index contributed by atoms with van der Waals surface area (Å²) in [5, 5.41) is 3.20. The number of amides is 1. The van der Waals surface area contributed by atoms with Crippen molar-refractivity contribution < 1.29 is 4.79 Å². The Morgan fingerprint density at radius 1 is 0.933 bits per heavy atom. The van der Waals surface area contributed by atoms with E-state index in [1.54, 1.807) is 0 Å². The predicted molar refractivity (Wildman–Crippen MR) is 125 cm³/mol. The number of nitrogens with two attached hydrogens (primary N) is 1. The average Bonchev–Trinajstić information content (AvgIpc) is 2.76. The van der Waals surface area contributed by atoms with Crippen LogP contribution >= 0.6 is 0 Å². The van der Waals surface area contributed by atoms with Gasteiger partial charge in [0.1, 0.15) is 0 Å². The molecule has 4 nitrogen and oxygen atoms in total. The lowest BCUT2D eigenvalue weighted by Crippen LogP contribution is -2.34. The highest BCUT2D eigenvalue weighted by Gasteiger charge is 2.25. The molecule has 30 heavy (non-hydrogen) atoms. The van der Waals surface area contributed by atoms with E-state index < -0.39 is 0 Å². The normalized spacial score (nSPS) is 14.7. The topological polar surface area (TPSA) is 58.4 Å². The first kappa shape index (κ1) is 20.0. The summed E-state index contributed by atoms with van der Waals surface area (Å²) >= 11 is 0. The fourth-order valence-corrected chi connectivity index (χ4v) is 4.17. The Labute approximate surface area is 178 Å². The molecule has 0 atom stereocenters. The van der Waals surface area contributed by atoms with Crippen LogP contribution in [0.15, 0.2) is 78.9 Å². The lowest BCUT2D eigenvalue weighted by atomic mass is 9.90. The highest BCUT2D eigenvalue weighted by atomic mass is 16.1. The number of rotatable bonds is 5. The maximum absolute atomic E-state index is 13.5. The van der Waals surface area contributed by atoms with Crippen LogP contribution < -0.4 is 16.0 Å². The minimum Gasteiger partial charge on any atom is -0.399 e. The molecule has 0 aliphatic carbocycles. The Morgan fingerprint density at radius 3 is 2.07 bits per heavy atom. The number of nitrogen functional groups attached to an aromatic ring is 1. The maximum Gasteiger partial charge on any atom is 0.236 e. The van der Waals surface area contributed by atoms with Gasteiger partial charge < -0.3 is 16.0 Å². The van der Waals surface area contributed by atoms with Crippen LogP contribution in [0.4, 0.5) is 17.1 Å². The molecule has 0 unspecified atom stereocenters. The zero-order valence-corrected chi connectivity index (χ0v) is 17.4. The van der Waals surface area contributed by atoms with Gasteiger partial charge in [-0.1, -0.05) is 67.6 Å². The fourth-order valence-electron chi connectivity index (χ4n) is 4.17. The third kappa shape index (κ3) is 4.48. The van der Waals surface area contributed by atoms with Crippen molar-refractivity contribution in [2.24, 2.45) is 5.92 Å². The third-order valence-corrected chi connectivity index (χ3v) is 5.93. The molecule has 3 aromatic rings. The van der Waals surface area contributed by atoms with Crippen molar-refractivity contribution in [2.45, 2.75) is 25.7 Å². The maximum atomic E-state index is 13.5. The van der Waals surface area contributed by atoms with E-state index in [1.165, 1.54) is 0 Å². The molecule has 3 N–H and O–H groups in total. The Morgan fingerprint density at radius 2 is 1.50 bits per heavy atom. The molecule has 0 spiro atoms. The Hall–Kier alpha value is -3.27. The summed E-state index contributed by atoms with van der Waals surface area (Å²) in [7, 11) is 0. The first-order valence-corrected chi connectivity index (χ1v) is 10.7. The minimum absolute atomic E-state index is 0.0513. The van der Waals surface area contributed by atoms with Gasteiger partial charge in [0.15, 0.2) is 0 Å². The van der Waals surface area contributed by atoms with Crippen LogP contribution in [0.2, 0.25) is 0 Å². The highest BCUT2D eigenvalue weighted by molar-refractivity contribution is 6.01. The molecule has 4 rings (SSSR count). The van der Waals surface area contributed by atoms with Crippen molar-refractivity contribution in [1.82, 2.24) is 0 Å². The summed E-state index contributed by atoms with van der Waals surface area (Å²) in [5.41, 5.74) is 10.5. The largest absolute Gasteiger partial charge is 0.399 e. The molecular formula is C26H29N3O. The highest BCUT2D eigenvalue weighted by Crippen LogP contribution is 2.33. The number of nitrogens with zero attached hydrogens (tertiary/aromatic N) is 1. The Bertz CT molecular complexity index is 940. The monoisotopic (exact) mass is 399 g/mol. The number of carbonyl (C=O) groups excluding carboxylic acids is 1. The van der Waals surface area contributed by atoms with Crippen LogP contribution in [0.5, 0.6) is 0 Å². The Balaban J connectivity index is 1.65. The lowest BCUT2D eigenvalue weighted by Gasteiger charge is -2.33. The summed E-state index contributed by atoms with van der Waals surface area (Å²) in [4.78, 5) is 15.9. The fraction of sp³-hybridized carbons (Fsp3) is 0.269. The molecule has 1 heterocycles. The van der Waals surface area contributed by atoms with Crippen LogP contribution in [0, 0.1) is 5.92 Å². The molecule has 0 radical (unpaired) electrons. The van der Waals surface area contributed by atoms with Gasteiger partial charge in [0, 0.05) is 18.8 Å². The van der Waals surface area contributed by atoms with E-state index in [0.717, 1.165) is 54.4 Å². The number of carbonyl (C=O) groups is 1. The van der Waals surface area contributed by atoms with Crippen molar-refractivity contribution in [2.75, 3.05) is 29.0 Å². The molecular weight excluding hydrogens is 370 g/mol. The van der Waals surface area contributed by atoms with E-state index in [-0.39, 0.29) is 11.8 Å². The smallest absolute Gasteiger partial charge is 0.236 e. The second-order valence-corrected chi connectivity index (χ2v) is 8.19. The molecule has 154 valence electrons. The molecule has 1 aliphatic heterocycles. The second-order valence-electron chi connectivity index (χ2n) is 8.19. The molecule has 4 heteroatoms. The quantitative estimate of drug-likeness (QED) is 0.574. The van der Waals surface area contributed by atoms with Crippen LogP contribution in [-0.2, 0) is 4.79 Å². The van der Waals surface area contributed by atoms with Gasteiger partial charge in [-0.25, -0.2) is 0 Å². The van der Waals surface area contributed by atoms with Gasteiger partial charge in [0.05, 0.1) is 17.3 Å². The average molecular weight is 400 g/mol. The number of anilines is 3. The van der Waals surface area contributed by atoms with Crippen LogP contribution in [-0.4, -0.2) is 19.0 Å². The van der Waals surface area contributed by atoms with Gasteiger partial charge in [-0.05, 0) is 48.1 Å². The van der Waals surface area contributed by atoms with E-state index >= 15 is 0 Å². The van der Waals surface area contributed by atoms with Gasteiger partial charge in [0.2, 0.25) is 5.91 Å². The van der Waals surface area contributed by atoms with Crippen molar-refractivity contribution in [3.63, 3.8) is 0 Å². The van der Waals surface area contributed by atoms with Crippen LogP contribution in [0.25, 0.3) is 0 Å². The zero-order chi connectivity index (χ0) is 20.9. The first-order valence-electron chi connectivity index (χ1n) is 10.7. The zero-order valence-electron chi connectivity index (χ0n) is 17.4. The van der Waals surface area contributed by atoms with E-state index in [0.29, 0.717) is 5.69 Å².